The molecule has 0 aliphatic heterocycles. The van der Waals surface area contributed by atoms with Crippen molar-refractivity contribution in [2.24, 2.45) is 0 Å². The van der Waals surface area contributed by atoms with Crippen molar-refractivity contribution in [3.05, 3.63) is 35.1 Å². The van der Waals surface area contributed by atoms with E-state index in [2.05, 4.69) is 6.92 Å². The molecule has 0 unspecified atom stereocenters. The Morgan fingerprint density at radius 1 is 1.00 bits per heavy atom. The maximum Gasteiger partial charge on any atom is 0.162 e. The Labute approximate surface area is 88.1 Å². The van der Waals surface area contributed by atoms with Crippen LogP contribution in [0.1, 0.15) is 38.2 Å². The molecule has 0 aliphatic rings. The Hall–Kier alpha value is -0.990. The number of halogens is 3. The molecule has 0 heterocycles. The van der Waals surface area contributed by atoms with Gasteiger partial charge in [0.1, 0.15) is 5.82 Å². The molecule has 1 rings (SSSR count). The van der Waals surface area contributed by atoms with E-state index >= 15 is 0 Å². The first-order chi connectivity index (χ1) is 7.15. The van der Waals surface area contributed by atoms with Gasteiger partial charge in [0.2, 0.25) is 0 Å². The molecular weight excluding hydrogens is 201 g/mol. The first kappa shape index (κ1) is 12.1. The number of hydrogen-bond acceptors (Lipinski definition) is 0. The van der Waals surface area contributed by atoms with Crippen molar-refractivity contribution in [3.8, 4) is 0 Å². The summed E-state index contributed by atoms with van der Waals surface area (Å²) in [6.45, 7) is 2.07. The van der Waals surface area contributed by atoms with Gasteiger partial charge in [-0.1, -0.05) is 26.2 Å². The van der Waals surface area contributed by atoms with E-state index in [1.54, 1.807) is 0 Å². The van der Waals surface area contributed by atoms with Crippen molar-refractivity contribution in [1.82, 2.24) is 0 Å². The molecule has 0 spiro atoms. The van der Waals surface area contributed by atoms with Gasteiger partial charge in [0, 0.05) is 6.07 Å². The van der Waals surface area contributed by atoms with Crippen molar-refractivity contribution in [1.29, 1.82) is 0 Å². The predicted octanol–water partition coefficient (Wildman–Crippen LogP) is 4.23. The van der Waals surface area contributed by atoms with Crippen molar-refractivity contribution in [2.75, 3.05) is 0 Å². The van der Waals surface area contributed by atoms with Gasteiger partial charge in [-0.3, -0.25) is 0 Å². The second kappa shape index (κ2) is 5.79. The van der Waals surface area contributed by atoms with Crippen molar-refractivity contribution < 1.29 is 13.2 Å². The van der Waals surface area contributed by atoms with Gasteiger partial charge in [-0.2, -0.15) is 0 Å². The molecule has 0 aliphatic carbocycles. The van der Waals surface area contributed by atoms with E-state index in [0.29, 0.717) is 12.5 Å². The fourth-order valence-corrected chi connectivity index (χ4v) is 1.53. The van der Waals surface area contributed by atoms with Crippen LogP contribution < -0.4 is 0 Å². The summed E-state index contributed by atoms with van der Waals surface area (Å²) in [6.07, 6.45) is 4.29. The maximum absolute atomic E-state index is 13.1. The minimum absolute atomic E-state index is 0.142. The van der Waals surface area contributed by atoms with Gasteiger partial charge in [-0.15, -0.1) is 0 Å². The smallest absolute Gasteiger partial charge is 0.162 e. The van der Waals surface area contributed by atoms with Crippen LogP contribution in [0.4, 0.5) is 13.2 Å². The van der Waals surface area contributed by atoms with Crippen LogP contribution in [-0.2, 0) is 6.42 Å². The number of aryl methyl sites for hydroxylation is 1. The molecule has 1 aromatic rings. The summed E-state index contributed by atoms with van der Waals surface area (Å²) in [5.41, 5.74) is 0.142. The molecule has 84 valence electrons. The zero-order chi connectivity index (χ0) is 11.3. The molecule has 0 atom stereocenters. The molecule has 0 radical (unpaired) electrons. The fourth-order valence-electron chi connectivity index (χ4n) is 1.53. The lowest BCUT2D eigenvalue weighted by Crippen LogP contribution is -1.96. The van der Waals surface area contributed by atoms with Gasteiger partial charge in [0.15, 0.2) is 11.6 Å². The summed E-state index contributed by atoms with van der Waals surface area (Å²) in [5, 5.41) is 0. The van der Waals surface area contributed by atoms with Crippen LogP contribution in [0.25, 0.3) is 0 Å². The van der Waals surface area contributed by atoms with Gasteiger partial charge in [-0.25, -0.2) is 13.2 Å². The second-order valence-corrected chi connectivity index (χ2v) is 3.67. The maximum atomic E-state index is 13.1. The Morgan fingerprint density at radius 3 is 2.40 bits per heavy atom. The zero-order valence-corrected chi connectivity index (χ0v) is 8.82. The number of hydrogen-bond donors (Lipinski definition) is 0. The van der Waals surface area contributed by atoms with Gasteiger partial charge >= 0.3 is 0 Å². The lowest BCUT2D eigenvalue weighted by Gasteiger charge is -2.04. The molecule has 0 nitrogen and oxygen atoms in total. The quantitative estimate of drug-likeness (QED) is 0.510. The Bertz CT molecular complexity index is 321. The molecule has 0 amide bonds. The standard InChI is InChI=1S/C12H15F3/c1-2-3-4-5-6-9-7-10(13)8-11(14)12(9)15/h7-8H,2-6H2,1H3. The van der Waals surface area contributed by atoms with E-state index in [-0.39, 0.29) is 5.56 Å². The highest BCUT2D eigenvalue weighted by Crippen LogP contribution is 2.17. The van der Waals surface area contributed by atoms with E-state index < -0.39 is 17.5 Å². The third kappa shape index (κ3) is 3.57. The van der Waals surface area contributed by atoms with E-state index in [1.165, 1.54) is 0 Å². The summed E-state index contributed by atoms with van der Waals surface area (Å²) in [5.74, 6) is -2.72. The van der Waals surface area contributed by atoms with E-state index in [4.69, 9.17) is 0 Å². The van der Waals surface area contributed by atoms with Gasteiger partial charge in [0.25, 0.3) is 0 Å². The lowest BCUT2D eigenvalue weighted by molar-refractivity contribution is 0.482. The SMILES string of the molecule is CCCCCCc1cc(F)cc(F)c1F. The molecule has 0 aromatic heterocycles. The third-order valence-corrected chi connectivity index (χ3v) is 2.37. The van der Waals surface area contributed by atoms with Crippen LogP contribution in [-0.4, -0.2) is 0 Å². The highest BCUT2D eigenvalue weighted by molar-refractivity contribution is 5.20. The minimum atomic E-state index is -1.10. The first-order valence-electron chi connectivity index (χ1n) is 5.28. The largest absolute Gasteiger partial charge is 0.207 e. The van der Waals surface area contributed by atoms with Crippen LogP contribution in [0, 0.1) is 17.5 Å². The summed E-state index contributed by atoms with van der Waals surface area (Å²) in [4.78, 5) is 0. The van der Waals surface area contributed by atoms with Gasteiger partial charge in [-0.05, 0) is 24.5 Å². The van der Waals surface area contributed by atoms with Crippen molar-refractivity contribution >= 4 is 0 Å². The summed E-state index contributed by atoms with van der Waals surface area (Å²) in [7, 11) is 0. The van der Waals surface area contributed by atoms with Crippen molar-refractivity contribution in [2.45, 2.75) is 39.0 Å². The monoisotopic (exact) mass is 216 g/mol. The molecule has 0 fully saturated rings. The average Bonchev–Trinajstić information content (AvgIpc) is 2.19. The highest BCUT2D eigenvalue weighted by Gasteiger charge is 2.10. The van der Waals surface area contributed by atoms with E-state index in [9.17, 15) is 13.2 Å². The highest BCUT2D eigenvalue weighted by atomic mass is 19.2. The van der Waals surface area contributed by atoms with E-state index in [1.807, 2.05) is 0 Å². The molecule has 0 saturated heterocycles. The summed E-state index contributed by atoms with van der Waals surface area (Å²) >= 11 is 0. The van der Waals surface area contributed by atoms with Crippen LogP contribution in [0.2, 0.25) is 0 Å². The second-order valence-electron chi connectivity index (χ2n) is 3.67. The Morgan fingerprint density at radius 2 is 1.73 bits per heavy atom. The van der Waals surface area contributed by atoms with Crippen molar-refractivity contribution in [3.63, 3.8) is 0 Å². The van der Waals surface area contributed by atoms with Crippen LogP contribution >= 0.6 is 0 Å². The predicted molar refractivity (Wildman–Crippen MR) is 54.2 cm³/mol. The van der Waals surface area contributed by atoms with Gasteiger partial charge < -0.3 is 0 Å². The molecular formula is C12H15F3. The molecule has 15 heavy (non-hydrogen) atoms. The summed E-state index contributed by atoms with van der Waals surface area (Å²) in [6, 6.07) is 1.65. The molecule has 0 bridgehead atoms. The lowest BCUT2D eigenvalue weighted by atomic mass is 10.1. The molecule has 0 saturated carbocycles. The molecule has 3 heteroatoms. The van der Waals surface area contributed by atoms with Crippen LogP contribution in [0.3, 0.4) is 0 Å². The van der Waals surface area contributed by atoms with Gasteiger partial charge in [0.05, 0.1) is 0 Å². The number of unbranched alkanes of at least 4 members (excludes halogenated alkanes) is 3. The molecule has 0 N–H and O–H groups in total. The topological polar surface area (TPSA) is 0 Å². The minimum Gasteiger partial charge on any atom is -0.207 e. The van der Waals surface area contributed by atoms with E-state index in [0.717, 1.165) is 31.7 Å². The summed E-state index contributed by atoms with van der Waals surface area (Å²) < 4.78 is 38.7. The normalized spacial score (nSPS) is 10.7. The third-order valence-electron chi connectivity index (χ3n) is 2.37. The Kier molecular flexibility index (Phi) is 4.66. The van der Waals surface area contributed by atoms with Crippen LogP contribution in [0.5, 0.6) is 0 Å². The zero-order valence-electron chi connectivity index (χ0n) is 8.82. The number of benzene rings is 1. The fraction of sp³-hybridized carbons (Fsp3) is 0.500. The molecule has 1 aromatic carbocycles. The van der Waals surface area contributed by atoms with Crippen LogP contribution in [0.15, 0.2) is 12.1 Å². The first-order valence-corrected chi connectivity index (χ1v) is 5.28. The Balaban J connectivity index is 2.60. The number of rotatable bonds is 5. The average molecular weight is 216 g/mol.